The van der Waals surface area contributed by atoms with Crippen molar-refractivity contribution in [3.8, 4) is 0 Å². The number of carbonyl (C=O) groups is 5. The summed E-state index contributed by atoms with van der Waals surface area (Å²) in [5.41, 5.74) is -5.62. The third kappa shape index (κ3) is 3.76. The van der Waals surface area contributed by atoms with Gasteiger partial charge in [-0.2, -0.15) is 0 Å². The molecule has 0 radical (unpaired) electrons. The molecule has 0 heterocycles. The molecule has 2 aromatic carbocycles. The maximum Gasteiger partial charge on any atom is 0.337 e. The van der Waals surface area contributed by atoms with Crippen LogP contribution in [0.5, 0.6) is 0 Å². The molecule has 0 spiro atoms. The highest BCUT2D eigenvalue weighted by molar-refractivity contribution is 6.34. The van der Waals surface area contributed by atoms with Gasteiger partial charge in [-0.05, 0) is 18.2 Å². The van der Waals surface area contributed by atoms with E-state index in [0.29, 0.717) is 6.07 Å². The molecule has 28 heavy (non-hydrogen) atoms. The number of carboxylic acid groups (broad SMARTS) is 4. The first-order valence-electron chi connectivity index (χ1n) is 7.26. The Balaban J connectivity index is 2.83. The van der Waals surface area contributed by atoms with Crippen molar-refractivity contribution in [2.45, 2.75) is 0 Å². The normalized spacial score (nSPS) is 10.2. The molecule has 11 heteroatoms. The van der Waals surface area contributed by atoms with Crippen molar-refractivity contribution in [3.05, 3.63) is 63.2 Å². The Kier molecular flexibility index (Phi) is 5.65. The van der Waals surface area contributed by atoms with E-state index in [4.69, 9.17) is 11.6 Å². The maximum absolute atomic E-state index is 12.6. The first kappa shape index (κ1) is 20.4. The zero-order valence-corrected chi connectivity index (χ0v) is 14.4. The van der Waals surface area contributed by atoms with Gasteiger partial charge in [-0.3, -0.25) is 4.79 Å². The third-order valence-corrected chi connectivity index (χ3v) is 3.90. The predicted octanol–water partition coefficient (Wildman–Crippen LogP) is 2.39. The van der Waals surface area contributed by atoms with Gasteiger partial charge in [0.2, 0.25) is 0 Å². The molecular weight excluding hydrogens is 398 g/mol. The van der Waals surface area contributed by atoms with E-state index in [1.807, 2.05) is 0 Å². The number of aromatic carboxylic acids is 4. The zero-order chi connectivity index (χ0) is 21.2. The number of hydrogen-bond acceptors (Lipinski definition) is 5. The lowest BCUT2D eigenvalue weighted by molar-refractivity contribution is 0.0618. The molecule has 1 amide bonds. The van der Waals surface area contributed by atoms with E-state index < -0.39 is 57.6 Å². The van der Waals surface area contributed by atoms with Crippen LogP contribution in [0.15, 0.2) is 30.3 Å². The second-order valence-corrected chi connectivity index (χ2v) is 5.66. The van der Waals surface area contributed by atoms with Crippen LogP contribution in [-0.2, 0) is 0 Å². The molecule has 2 aromatic rings. The number of rotatable bonds is 6. The quantitative estimate of drug-likeness (QED) is 0.480. The van der Waals surface area contributed by atoms with Gasteiger partial charge in [-0.1, -0.05) is 23.7 Å². The summed E-state index contributed by atoms with van der Waals surface area (Å²) in [6.07, 6.45) is 0. The molecule has 144 valence electrons. The summed E-state index contributed by atoms with van der Waals surface area (Å²) in [6, 6.07) is 6.32. The van der Waals surface area contributed by atoms with Gasteiger partial charge in [0.25, 0.3) is 5.91 Å². The van der Waals surface area contributed by atoms with Crippen LogP contribution in [0, 0.1) is 0 Å². The molecular formula is C17H10ClNO9. The topological polar surface area (TPSA) is 178 Å². The van der Waals surface area contributed by atoms with Crippen molar-refractivity contribution in [1.82, 2.24) is 0 Å². The van der Waals surface area contributed by atoms with E-state index >= 15 is 0 Å². The van der Waals surface area contributed by atoms with Crippen LogP contribution in [0.3, 0.4) is 0 Å². The second-order valence-electron chi connectivity index (χ2n) is 5.25. The number of carbonyl (C=O) groups excluding carboxylic acids is 1. The lowest BCUT2D eigenvalue weighted by atomic mass is 9.90. The first-order chi connectivity index (χ1) is 13.1. The predicted molar refractivity (Wildman–Crippen MR) is 93.7 cm³/mol. The molecule has 0 aliphatic heterocycles. The Morgan fingerprint density at radius 2 is 1.21 bits per heavy atom. The van der Waals surface area contributed by atoms with Gasteiger partial charge in [0, 0.05) is 0 Å². The van der Waals surface area contributed by atoms with Crippen LogP contribution in [0.4, 0.5) is 5.69 Å². The molecule has 0 aliphatic carbocycles. The Morgan fingerprint density at radius 1 is 0.714 bits per heavy atom. The zero-order valence-electron chi connectivity index (χ0n) is 13.6. The fourth-order valence-electron chi connectivity index (χ4n) is 2.44. The molecule has 0 atom stereocenters. The summed E-state index contributed by atoms with van der Waals surface area (Å²) >= 11 is 5.89. The van der Waals surface area contributed by atoms with Crippen molar-refractivity contribution < 1.29 is 44.4 Å². The van der Waals surface area contributed by atoms with Crippen LogP contribution < -0.4 is 5.32 Å². The van der Waals surface area contributed by atoms with Gasteiger partial charge in [-0.15, -0.1) is 0 Å². The average molecular weight is 408 g/mol. The fourth-order valence-corrected chi connectivity index (χ4v) is 2.62. The van der Waals surface area contributed by atoms with E-state index in [1.54, 1.807) is 6.07 Å². The highest BCUT2D eigenvalue weighted by atomic mass is 35.5. The van der Waals surface area contributed by atoms with Crippen LogP contribution in [0.25, 0.3) is 0 Å². The van der Waals surface area contributed by atoms with Crippen molar-refractivity contribution in [3.63, 3.8) is 0 Å². The molecule has 5 N–H and O–H groups in total. The number of hydrogen-bond donors (Lipinski definition) is 5. The largest absolute Gasteiger partial charge is 0.478 e. The number of anilines is 1. The summed E-state index contributed by atoms with van der Waals surface area (Å²) in [7, 11) is 0. The fraction of sp³-hybridized carbons (Fsp3) is 0. The lowest BCUT2D eigenvalue weighted by Crippen LogP contribution is -2.25. The SMILES string of the molecule is O=C(O)c1cc(C(=O)Nc2ccccc2Cl)c(C(=O)O)c(C(=O)O)c1C(=O)O. The van der Waals surface area contributed by atoms with Crippen molar-refractivity contribution in [1.29, 1.82) is 0 Å². The van der Waals surface area contributed by atoms with Crippen LogP contribution in [-0.4, -0.2) is 50.2 Å². The minimum atomic E-state index is -2.02. The molecule has 0 aliphatic rings. The van der Waals surface area contributed by atoms with Gasteiger partial charge in [-0.25, -0.2) is 19.2 Å². The lowest BCUT2D eigenvalue weighted by Gasteiger charge is -2.15. The summed E-state index contributed by atoms with van der Waals surface area (Å²) in [6.45, 7) is 0. The molecule has 10 nitrogen and oxygen atoms in total. The summed E-state index contributed by atoms with van der Waals surface area (Å²) in [5.74, 6) is -8.97. The molecule has 0 fully saturated rings. The van der Waals surface area contributed by atoms with Gasteiger partial charge in [0.1, 0.15) is 0 Å². The average Bonchev–Trinajstić information content (AvgIpc) is 2.61. The van der Waals surface area contributed by atoms with E-state index in [2.05, 4.69) is 5.32 Å². The third-order valence-electron chi connectivity index (χ3n) is 3.57. The number of amides is 1. The number of carboxylic acids is 4. The minimum Gasteiger partial charge on any atom is -0.478 e. The van der Waals surface area contributed by atoms with E-state index in [1.165, 1.54) is 18.2 Å². The number of para-hydroxylation sites is 1. The Bertz CT molecular complexity index is 1050. The van der Waals surface area contributed by atoms with Gasteiger partial charge < -0.3 is 25.7 Å². The monoisotopic (exact) mass is 407 g/mol. The summed E-state index contributed by atoms with van der Waals surface area (Å²) < 4.78 is 0. The van der Waals surface area contributed by atoms with E-state index in [-0.39, 0.29) is 10.7 Å². The first-order valence-corrected chi connectivity index (χ1v) is 7.64. The second kappa shape index (κ2) is 7.76. The van der Waals surface area contributed by atoms with Crippen LogP contribution >= 0.6 is 11.6 Å². The highest BCUT2D eigenvalue weighted by Gasteiger charge is 2.34. The highest BCUT2D eigenvalue weighted by Crippen LogP contribution is 2.27. The van der Waals surface area contributed by atoms with E-state index in [0.717, 1.165) is 0 Å². The van der Waals surface area contributed by atoms with E-state index in [9.17, 15) is 44.4 Å². The van der Waals surface area contributed by atoms with Gasteiger partial charge >= 0.3 is 23.9 Å². The van der Waals surface area contributed by atoms with Crippen molar-refractivity contribution in [2.24, 2.45) is 0 Å². The smallest absolute Gasteiger partial charge is 0.337 e. The van der Waals surface area contributed by atoms with Crippen molar-refractivity contribution >= 4 is 47.1 Å². The van der Waals surface area contributed by atoms with Gasteiger partial charge in [0.05, 0.1) is 38.5 Å². The van der Waals surface area contributed by atoms with Crippen LogP contribution in [0.2, 0.25) is 5.02 Å². The molecule has 2 rings (SSSR count). The minimum absolute atomic E-state index is 0.0431. The summed E-state index contributed by atoms with van der Waals surface area (Å²) in [5, 5.41) is 39.5. The molecule has 0 saturated heterocycles. The molecule has 0 saturated carbocycles. The van der Waals surface area contributed by atoms with Gasteiger partial charge in [0.15, 0.2) is 0 Å². The maximum atomic E-state index is 12.6. The van der Waals surface area contributed by atoms with Crippen LogP contribution in [0.1, 0.15) is 51.8 Å². The standard InChI is InChI=1S/C17H10ClNO9/c18-8-3-1-2-4-9(8)19-13(20)6-5-7(14(21)22)11(16(25)26)12(17(27)28)10(6)15(23)24/h1-5H,(H,19,20)(H,21,22)(H,23,24)(H,25,26)(H,27,28). The number of nitrogens with one attached hydrogen (secondary N) is 1. The van der Waals surface area contributed by atoms with Crippen molar-refractivity contribution in [2.75, 3.05) is 5.32 Å². The molecule has 0 aromatic heterocycles. The Labute approximate surface area is 160 Å². The number of halogens is 1. The number of benzene rings is 2. The Hall–Kier alpha value is -3.92. The molecule has 0 unspecified atom stereocenters. The summed E-state index contributed by atoms with van der Waals surface area (Å²) in [4.78, 5) is 58.5. The molecule has 0 bridgehead atoms. The Morgan fingerprint density at radius 3 is 1.68 bits per heavy atom.